The van der Waals surface area contributed by atoms with Crippen LogP contribution in [0.15, 0.2) is 24.3 Å². The Morgan fingerprint density at radius 1 is 1.46 bits per heavy atom. The predicted octanol–water partition coefficient (Wildman–Crippen LogP) is 0.881. The fraction of sp³-hybridized carbons (Fsp3) is 0.400. The number of benzene rings is 1. The lowest BCUT2D eigenvalue weighted by Crippen LogP contribution is -2.18. The van der Waals surface area contributed by atoms with Gasteiger partial charge in [0.1, 0.15) is 5.75 Å². The second kappa shape index (κ2) is 3.77. The van der Waals surface area contributed by atoms with Crippen LogP contribution in [0.3, 0.4) is 0 Å². The number of para-hydroxylation sites is 1. The van der Waals surface area contributed by atoms with Crippen molar-refractivity contribution in [2.24, 2.45) is 0 Å². The molecule has 2 rings (SSSR count). The van der Waals surface area contributed by atoms with Crippen molar-refractivity contribution >= 4 is 0 Å². The van der Waals surface area contributed by atoms with Crippen LogP contribution >= 0.6 is 0 Å². The van der Waals surface area contributed by atoms with Gasteiger partial charge in [0.2, 0.25) is 0 Å². The molecule has 1 aliphatic rings. The van der Waals surface area contributed by atoms with Crippen molar-refractivity contribution in [3.63, 3.8) is 0 Å². The molecule has 1 unspecified atom stereocenters. The summed E-state index contributed by atoms with van der Waals surface area (Å²) in [5.74, 6) is 0.353. The molecule has 1 aliphatic heterocycles. The largest absolute Gasteiger partial charge is 0.508 e. The highest BCUT2D eigenvalue weighted by Gasteiger charge is 2.21. The van der Waals surface area contributed by atoms with Gasteiger partial charge < -0.3 is 15.2 Å². The SMILES string of the molecule is Oc1ccccc1CNCC1CO1. The summed E-state index contributed by atoms with van der Waals surface area (Å²) in [4.78, 5) is 0. The summed E-state index contributed by atoms with van der Waals surface area (Å²) in [5.41, 5.74) is 0.933. The van der Waals surface area contributed by atoms with E-state index in [0.29, 0.717) is 18.4 Å². The second-order valence-corrected chi connectivity index (χ2v) is 3.21. The van der Waals surface area contributed by atoms with Gasteiger partial charge in [-0.25, -0.2) is 0 Å². The normalized spacial score (nSPS) is 20.2. The first-order valence-corrected chi connectivity index (χ1v) is 4.45. The number of hydrogen-bond donors (Lipinski definition) is 2. The van der Waals surface area contributed by atoms with Gasteiger partial charge in [0.05, 0.1) is 12.7 Å². The monoisotopic (exact) mass is 179 g/mol. The van der Waals surface area contributed by atoms with Crippen LogP contribution in [0, 0.1) is 0 Å². The zero-order valence-corrected chi connectivity index (χ0v) is 7.36. The molecule has 1 aromatic carbocycles. The molecule has 0 radical (unpaired) electrons. The Morgan fingerprint density at radius 2 is 2.23 bits per heavy atom. The molecule has 1 aromatic rings. The Balaban J connectivity index is 1.82. The van der Waals surface area contributed by atoms with Crippen molar-refractivity contribution in [2.45, 2.75) is 12.6 Å². The molecule has 0 amide bonds. The van der Waals surface area contributed by atoms with Gasteiger partial charge in [0, 0.05) is 18.7 Å². The summed E-state index contributed by atoms with van der Waals surface area (Å²) < 4.78 is 5.05. The van der Waals surface area contributed by atoms with Crippen LogP contribution in [0.2, 0.25) is 0 Å². The van der Waals surface area contributed by atoms with Gasteiger partial charge in [-0.2, -0.15) is 0 Å². The van der Waals surface area contributed by atoms with Crippen molar-refractivity contribution in [1.82, 2.24) is 5.32 Å². The Hall–Kier alpha value is -1.06. The van der Waals surface area contributed by atoms with Crippen LogP contribution in [0.1, 0.15) is 5.56 Å². The van der Waals surface area contributed by atoms with Gasteiger partial charge >= 0.3 is 0 Å². The number of epoxide rings is 1. The van der Waals surface area contributed by atoms with E-state index in [1.807, 2.05) is 18.2 Å². The summed E-state index contributed by atoms with van der Waals surface area (Å²) in [6.07, 6.45) is 0.394. The third-order valence-corrected chi connectivity index (χ3v) is 2.08. The maximum atomic E-state index is 9.42. The molecule has 70 valence electrons. The Morgan fingerprint density at radius 3 is 2.92 bits per heavy atom. The molecule has 3 nitrogen and oxygen atoms in total. The third-order valence-electron chi connectivity index (χ3n) is 2.08. The lowest BCUT2D eigenvalue weighted by atomic mass is 10.2. The van der Waals surface area contributed by atoms with Gasteiger partial charge in [-0.15, -0.1) is 0 Å². The van der Waals surface area contributed by atoms with Gasteiger partial charge in [-0.3, -0.25) is 0 Å². The number of ether oxygens (including phenoxy) is 1. The van der Waals surface area contributed by atoms with Crippen LogP contribution in [0.25, 0.3) is 0 Å². The quantitative estimate of drug-likeness (QED) is 0.674. The van der Waals surface area contributed by atoms with Crippen LogP contribution in [0.4, 0.5) is 0 Å². The predicted molar refractivity (Wildman–Crippen MR) is 49.6 cm³/mol. The summed E-state index contributed by atoms with van der Waals surface area (Å²) in [6, 6.07) is 7.36. The molecule has 3 heteroatoms. The second-order valence-electron chi connectivity index (χ2n) is 3.21. The minimum absolute atomic E-state index is 0.353. The van der Waals surface area contributed by atoms with Gasteiger partial charge in [-0.05, 0) is 6.07 Å². The molecule has 0 saturated carbocycles. The van der Waals surface area contributed by atoms with E-state index in [4.69, 9.17) is 4.74 Å². The summed E-state index contributed by atoms with van der Waals surface area (Å²) in [5, 5.41) is 12.6. The first kappa shape index (κ1) is 8.53. The van der Waals surface area contributed by atoms with Crippen LogP contribution < -0.4 is 5.32 Å². The van der Waals surface area contributed by atoms with E-state index in [0.717, 1.165) is 18.7 Å². The molecule has 0 aromatic heterocycles. The highest BCUT2D eigenvalue weighted by molar-refractivity contribution is 5.31. The fourth-order valence-corrected chi connectivity index (χ4v) is 1.21. The number of aromatic hydroxyl groups is 1. The Bertz CT molecular complexity index is 284. The highest BCUT2D eigenvalue weighted by Crippen LogP contribution is 2.15. The molecule has 13 heavy (non-hydrogen) atoms. The smallest absolute Gasteiger partial charge is 0.120 e. The number of rotatable bonds is 4. The van der Waals surface area contributed by atoms with Crippen molar-refractivity contribution in [3.05, 3.63) is 29.8 Å². The van der Waals surface area contributed by atoms with Crippen molar-refractivity contribution < 1.29 is 9.84 Å². The van der Waals surface area contributed by atoms with Crippen LogP contribution in [-0.2, 0) is 11.3 Å². The molecule has 0 spiro atoms. The van der Waals surface area contributed by atoms with E-state index in [1.165, 1.54) is 0 Å². The standard InChI is InChI=1S/C10H13NO2/c12-10-4-2-1-3-8(10)5-11-6-9-7-13-9/h1-4,9,11-12H,5-7H2. The molecular formula is C10H13NO2. The van der Waals surface area contributed by atoms with E-state index in [1.54, 1.807) is 6.07 Å². The maximum absolute atomic E-state index is 9.42. The number of hydrogen-bond acceptors (Lipinski definition) is 3. The molecule has 1 fully saturated rings. The number of phenolic OH excluding ortho intramolecular Hbond substituents is 1. The van der Waals surface area contributed by atoms with E-state index in [-0.39, 0.29) is 0 Å². The molecule has 1 heterocycles. The zero-order valence-electron chi connectivity index (χ0n) is 7.36. The lowest BCUT2D eigenvalue weighted by Gasteiger charge is -2.04. The third kappa shape index (κ3) is 2.44. The molecule has 2 N–H and O–H groups in total. The summed E-state index contributed by atoms with van der Waals surface area (Å²) in [6.45, 7) is 2.44. The van der Waals surface area contributed by atoms with Crippen LogP contribution in [0.5, 0.6) is 5.75 Å². The lowest BCUT2D eigenvalue weighted by molar-refractivity contribution is 0.395. The average molecular weight is 179 g/mol. The van der Waals surface area contributed by atoms with Gasteiger partial charge in [-0.1, -0.05) is 18.2 Å². The highest BCUT2D eigenvalue weighted by atomic mass is 16.6. The minimum Gasteiger partial charge on any atom is -0.508 e. The van der Waals surface area contributed by atoms with E-state index in [2.05, 4.69) is 5.32 Å². The van der Waals surface area contributed by atoms with E-state index >= 15 is 0 Å². The molecule has 0 aliphatic carbocycles. The molecule has 0 bridgehead atoms. The fourth-order valence-electron chi connectivity index (χ4n) is 1.21. The Kier molecular flexibility index (Phi) is 2.47. The molecule has 1 atom stereocenters. The van der Waals surface area contributed by atoms with E-state index in [9.17, 15) is 5.11 Å². The van der Waals surface area contributed by atoms with Crippen molar-refractivity contribution in [3.8, 4) is 5.75 Å². The number of nitrogens with one attached hydrogen (secondary N) is 1. The maximum Gasteiger partial charge on any atom is 0.120 e. The average Bonchev–Trinajstić information content (AvgIpc) is 2.92. The topological polar surface area (TPSA) is 44.8 Å². The van der Waals surface area contributed by atoms with Gasteiger partial charge in [0.25, 0.3) is 0 Å². The molecule has 1 saturated heterocycles. The summed E-state index contributed by atoms with van der Waals surface area (Å²) in [7, 11) is 0. The first-order valence-electron chi connectivity index (χ1n) is 4.45. The van der Waals surface area contributed by atoms with Crippen molar-refractivity contribution in [1.29, 1.82) is 0 Å². The van der Waals surface area contributed by atoms with Gasteiger partial charge in [0.15, 0.2) is 0 Å². The molecular weight excluding hydrogens is 166 g/mol. The van der Waals surface area contributed by atoms with E-state index < -0.39 is 0 Å². The Labute approximate surface area is 77.3 Å². The van der Waals surface area contributed by atoms with Crippen LogP contribution in [-0.4, -0.2) is 24.4 Å². The summed E-state index contributed by atoms with van der Waals surface area (Å²) >= 11 is 0. The zero-order chi connectivity index (χ0) is 9.10. The van der Waals surface area contributed by atoms with Crippen molar-refractivity contribution in [2.75, 3.05) is 13.2 Å². The first-order chi connectivity index (χ1) is 6.36. The number of phenols is 1. The minimum atomic E-state index is 0.353.